The maximum absolute atomic E-state index is 12.1. The van der Waals surface area contributed by atoms with Crippen molar-refractivity contribution in [2.24, 2.45) is 11.8 Å². The molecule has 27 heavy (non-hydrogen) atoms. The minimum atomic E-state index is -0.751. The zero-order valence-corrected chi connectivity index (χ0v) is 17.1. The summed E-state index contributed by atoms with van der Waals surface area (Å²) in [6.07, 6.45) is 11.5. The summed E-state index contributed by atoms with van der Waals surface area (Å²) >= 11 is 0. The number of hydrogen-bond donors (Lipinski definition) is 3. The first-order valence-corrected chi connectivity index (χ1v) is 11.0. The molecule has 1 fully saturated rings. The van der Waals surface area contributed by atoms with Crippen LogP contribution in [0.4, 0.5) is 0 Å². The second kappa shape index (κ2) is 14.1. The van der Waals surface area contributed by atoms with E-state index < -0.39 is 18.2 Å². The Morgan fingerprint density at radius 1 is 0.741 bits per heavy atom. The van der Waals surface area contributed by atoms with E-state index in [0.29, 0.717) is 32.1 Å². The Labute approximate surface area is 164 Å². The van der Waals surface area contributed by atoms with Gasteiger partial charge in [0.25, 0.3) is 0 Å². The van der Waals surface area contributed by atoms with Gasteiger partial charge in [0.05, 0.1) is 12.2 Å². The van der Waals surface area contributed by atoms with Crippen LogP contribution in [-0.4, -0.2) is 39.3 Å². The van der Waals surface area contributed by atoms with Crippen molar-refractivity contribution in [1.29, 1.82) is 0 Å². The fraction of sp³-hybridized carbons (Fsp3) is 0.909. The number of rotatable bonds is 16. The Balaban J connectivity index is 2.25. The molecule has 0 saturated heterocycles. The highest BCUT2D eigenvalue weighted by molar-refractivity contribution is 5.78. The Bertz CT molecular complexity index is 423. The number of aliphatic hydroxyl groups excluding tert-OH is 2. The first-order valence-electron chi connectivity index (χ1n) is 11.0. The van der Waals surface area contributed by atoms with Crippen LogP contribution in [0, 0.1) is 11.8 Å². The summed E-state index contributed by atoms with van der Waals surface area (Å²) < 4.78 is 0. The van der Waals surface area contributed by atoms with Gasteiger partial charge in [0.2, 0.25) is 0 Å². The molecule has 1 aliphatic carbocycles. The molecular weight excluding hydrogens is 344 g/mol. The number of aliphatic carboxylic acids is 1. The molecule has 0 amide bonds. The molecule has 4 atom stereocenters. The van der Waals surface area contributed by atoms with Crippen LogP contribution in [-0.2, 0) is 9.59 Å². The molecule has 1 saturated carbocycles. The van der Waals surface area contributed by atoms with Crippen molar-refractivity contribution in [3.63, 3.8) is 0 Å². The summed E-state index contributed by atoms with van der Waals surface area (Å²) in [7, 11) is 0. The Morgan fingerprint density at radius 2 is 1.30 bits per heavy atom. The summed E-state index contributed by atoms with van der Waals surface area (Å²) in [6, 6.07) is 0. The van der Waals surface area contributed by atoms with Crippen LogP contribution in [0.2, 0.25) is 0 Å². The smallest absolute Gasteiger partial charge is 0.303 e. The second-order valence-corrected chi connectivity index (χ2v) is 8.29. The van der Waals surface area contributed by atoms with Crippen LogP contribution in [0.15, 0.2) is 0 Å². The topological polar surface area (TPSA) is 94.8 Å². The Hall–Kier alpha value is -0.940. The summed E-state index contributed by atoms with van der Waals surface area (Å²) in [6.45, 7) is 2.18. The third-order valence-electron chi connectivity index (χ3n) is 6.02. The normalized spacial score (nSPS) is 25.0. The molecule has 0 bridgehead atoms. The maximum Gasteiger partial charge on any atom is 0.303 e. The fourth-order valence-electron chi connectivity index (χ4n) is 4.37. The molecule has 0 spiro atoms. The lowest BCUT2D eigenvalue weighted by molar-refractivity contribution is -0.137. The Morgan fingerprint density at radius 3 is 1.93 bits per heavy atom. The molecule has 3 N–H and O–H groups in total. The third kappa shape index (κ3) is 10.2. The number of hydrogen-bond acceptors (Lipinski definition) is 4. The van der Waals surface area contributed by atoms with Crippen molar-refractivity contribution < 1.29 is 24.9 Å². The predicted octanol–water partition coefficient (Wildman–Crippen LogP) is 4.48. The molecule has 1 rings (SSSR count). The van der Waals surface area contributed by atoms with E-state index >= 15 is 0 Å². The zero-order valence-electron chi connectivity index (χ0n) is 17.1. The number of carbonyl (C=O) groups is 2. The highest BCUT2D eigenvalue weighted by Gasteiger charge is 2.40. The number of ketones is 1. The number of carboxylic acids is 1. The highest BCUT2D eigenvalue weighted by Crippen LogP contribution is 2.39. The van der Waals surface area contributed by atoms with E-state index in [1.807, 2.05) is 0 Å². The second-order valence-electron chi connectivity index (χ2n) is 8.29. The van der Waals surface area contributed by atoms with Gasteiger partial charge in [0, 0.05) is 19.3 Å². The molecule has 0 unspecified atom stereocenters. The van der Waals surface area contributed by atoms with Crippen LogP contribution < -0.4 is 0 Å². The fourth-order valence-corrected chi connectivity index (χ4v) is 4.37. The minimum absolute atomic E-state index is 0.0167. The molecular formula is C22H40O5. The van der Waals surface area contributed by atoms with E-state index in [1.54, 1.807) is 0 Å². The highest BCUT2D eigenvalue weighted by atomic mass is 16.4. The van der Waals surface area contributed by atoms with E-state index in [0.717, 1.165) is 38.5 Å². The third-order valence-corrected chi connectivity index (χ3v) is 6.02. The summed E-state index contributed by atoms with van der Waals surface area (Å²) in [5.74, 6) is -0.383. The monoisotopic (exact) mass is 384 g/mol. The van der Waals surface area contributed by atoms with Crippen LogP contribution in [0.5, 0.6) is 0 Å². The number of aliphatic hydroxyl groups is 2. The van der Waals surface area contributed by atoms with Crippen LogP contribution in [0.3, 0.4) is 0 Å². The number of Topliss-reactive ketones (excluding diaryl/α,β-unsaturated/α-hetero) is 1. The van der Waals surface area contributed by atoms with Gasteiger partial charge in [0.1, 0.15) is 5.78 Å². The summed E-state index contributed by atoms with van der Waals surface area (Å²) in [5.41, 5.74) is 0. The molecule has 5 nitrogen and oxygen atoms in total. The standard InChI is InChI=1S/C22H40O5/c1-2-3-4-5-8-11-17(23)14-15-19-18(20(24)16-21(19)25)12-9-6-7-10-13-22(26)27/h18-21,24-25H,2-16H2,1H3,(H,26,27)/t18-,19-,20+,21-/m1/s1. The predicted molar refractivity (Wildman–Crippen MR) is 107 cm³/mol. The molecule has 0 aromatic heterocycles. The largest absolute Gasteiger partial charge is 0.481 e. The van der Waals surface area contributed by atoms with Crippen LogP contribution >= 0.6 is 0 Å². The van der Waals surface area contributed by atoms with Gasteiger partial charge in [-0.3, -0.25) is 9.59 Å². The lowest BCUT2D eigenvalue weighted by Crippen LogP contribution is -2.23. The summed E-state index contributed by atoms with van der Waals surface area (Å²) in [4.78, 5) is 22.6. The first-order chi connectivity index (χ1) is 13.0. The quantitative estimate of drug-likeness (QED) is 0.341. The molecule has 0 aliphatic heterocycles. The lowest BCUT2D eigenvalue weighted by atomic mass is 9.84. The molecule has 0 aromatic carbocycles. The minimum Gasteiger partial charge on any atom is -0.481 e. The van der Waals surface area contributed by atoms with Gasteiger partial charge in [-0.05, 0) is 43.9 Å². The molecule has 0 radical (unpaired) electrons. The zero-order chi connectivity index (χ0) is 20.1. The van der Waals surface area contributed by atoms with Gasteiger partial charge in [-0.2, -0.15) is 0 Å². The molecule has 0 heterocycles. The number of carboxylic acid groups (broad SMARTS) is 1. The van der Waals surface area contributed by atoms with Crippen LogP contribution in [0.1, 0.15) is 103 Å². The summed E-state index contributed by atoms with van der Waals surface area (Å²) in [5, 5.41) is 29.2. The first kappa shape index (κ1) is 24.1. The average molecular weight is 385 g/mol. The van der Waals surface area contributed by atoms with Crippen LogP contribution in [0.25, 0.3) is 0 Å². The van der Waals surface area contributed by atoms with Gasteiger partial charge in [0.15, 0.2) is 0 Å². The SMILES string of the molecule is CCCCCCCC(=O)CC[C@@H]1[C@@H](CCCCCCC(=O)O)[C@@H](O)C[C@H]1O. The van der Waals surface area contributed by atoms with Gasteiger partial charge in [-0.15, -0.1) is 0 Å². The van der Waals surface area contributed by atoms with Gasteiger partial charge in [-0.25, -0.2) is 0 Å². The van der Waals surface area contributed by atoms with E-state index in [-0.39, 0.29) is 24.0 Å². The van der Waals surface area contributed by atoms with Gasteiger partial charge >= 0.3 is 5.97 Å². The van der Waals surface area contributed by atoms with E-state index in [1.165, 1.54) is 19.3 Å². The van der Waals surface area contributed by atoms with Gasteiger partial charge in [-0.1, -0.05) is 51.9 Å². The maximum atomic E-state index is 12.1. The Kier molecular flexibility index (Phi) is 12.6. The lowest BCUT2D eigenvalue weighted by Gasteiger charge is -2.23. The van der Waals surface area contributed by atoms with Crippen molar-refractivity contribution in [3.8, 4) is 0 Å². The molecule has 0 aromatic rings. The van der Waals surface area contributed by atoms with Crippen molar-refractivity contribution in [2.45, 2.75) is 115 Å². The molecule has 5 heteroatoms. The number of unbranched alkanes of at least 4 members (excludes halogenated alkanes) is 7. The molecule has 1 aliphatic rings. The van der Waals surface area contributed by atoms with Crippen molar-refractivity contribution in [2.75, 3.05) is 0 Å². The van der Waals surface area contributed by atoms with Crippen molar-refractivity contribution >= 4 is 11.8 Å². The van der Waals surface area contributed by atoms with Crippen molar-refractivity contribution in [3.05, 3.63) is 0 Å². The van der Waals surface area contributed by atoms with E-state index in [2.05, 4.69) is 6.92 Å². The molecule has 158 valence electrons. The average Bonchev–Trinajstić information content (AvgIpc) is 2.88. The van der Waals surface area contributed by atoms with Crippen molar-refractivity contribution in [1.82, 2.24) is 0 Å². The van der Waals surface area contributed by atoms with E-state index in [4.69, 9.17) is 5.11 Å². The number of carbonyl (C=O) groups excluding carboxylic acids is 1. The van der Waals surface area contributed by atoms with Gasteiger partial charge < -0.3 is 15.3 Å². The van der Waals surface area contributed by atoms with E-state index in [9.17, 15) is 19.8 Å².